The van der Waals surface area contributed by atoms with E-state index in [1.54, 1.807) is 0 Å². The molecular weight excluding hydrogens is 462 g/mol. The molecule has 0 aliphatic rings. The van der Waals surface area contributed by atoms with Crippen LogP contribution in [0.2, 0.25) is 0 Å². The molecular formula is C27H33N3O6. The molecule has 0 heterocycles. The molecule has 0 aliphatic carbocycles. The molecule has 3 rings (SSSR count). The minimum Gasteiger partial charge on any atom is -0.480 e. The van der Waals surface area contributed by atoms with Gasteiger partial charge in [-0.25, -0.2) is 0 Å². The summed E-state index contributed by atoms with van der Waals surface area (Å²) in [4.78, 5) is 31.1. The Hall–Kier alpha value is -4.05. The SMILES string of the molecule is NC(Cc1ccccc1)C(=O)O.NC(Cc1ccccc1)C(=O)O.NC(Cc1ccccc1)C(=O)O. The molecule has 3 aromatic carbocycles. The molecule has 0 aromatic heterocycles. The van der Waals surface area contributed by atoms with Crippen LogP contribution in [-0.2, 0) is 33.6 Å². The predicted octanol–water partition coefficient (Wildman–Crippen LogP) is 1.92. The van der Waals surface area contributed by atoms with E-state index in [1.165, 1.54) is 0 Å². The van der Waals surface area contributed by atoms with Crippen LogP contribution in [0.3, 0.4) is 0 Å². The standard InChI is InChI=1S/3C9H11NO2/c3*10-8(9(11)12)6-7-4-2-1-3-5-7/h3*1-5,8H,6,10H2,(H,11,12). The normalized spacial score (nSPS) is 12.4. The first-order valence-corrected chi connectivity index (χ1v) is 11.2. The van der Waals surface area contributed by atoms with Gasteiger partial charge in [-0.3, -0.25) is 14.4 Å². The lowest BCUT2D eigenvalue weighted by Gasteiger charge is -2.04. The summed E-state index contributed by atoms with van der Waals surface area (Å²) in [6.45, 7) is 0. The Bertz CT molecular complexity index is 912. The van der Waals surface area contributed by atoms with Crippen molar-refractivity contribution in [2.45, 2.75) is 37.4 Å². The molecule has 9 nitrogen and oxygen atoms in total. The van der Waals surface area contributed by atoms with Crippen LogP contribution in [0.15, 0.2) is 91.0 Å². The van der Waals surface area contributed by atoms with Crippen LogP contribution in [0.1, 0.15) is 16.7 Å². The highest BCUT2D eigenvalue weighted by Gasteiger charge is 2.12. The van der Waals surface area contributed by atoms with Crippen molar-refractivity contribution in [3.05, 3.63) is 108 Å². The van der Waals surface area contributed by atoms with E-state index in [0.717, 1.165) is 16.7 Å². The molecule has 0 aliphatic heterocycles. The molecule has 3 atom stereocenters. The van der Waals surface area contributed by atoms with Crippen molar-refractivity contribution in [2.75, 3.05) is 0 Å². The Balaban J connectivity index is 0.000000270. The second-order valence-corrected chi connectivity index (χ2v) is 7.90. The van der Waals surface area contributed by atoms with Crippen LogP contribution in [0.4, 0.5) is 0 Å². The van der Waals surface area contributed by atoms with Gasteiger partial charge in [-0.1, -0.05) is 91.0 Å². The first-order chi connectivity index (χ1) is 17.1. The summed E-state index contributed by atoms with van der Waals surface area (Å²) in [7, 11) is 0. The Morgan fingerprint density at radius 2 is 0.667 bits per heavy atom. The molecule has 36 heavy (non-hydrogen) atoms. The largest absolute Gasteiger partial charge is 0.480 e. The molecule has 0 radical (unpaired) electrons. The van der Waals surface area contributed by atoms with E-state index in [-0.39, 0.29) is 0 Å². The van der Waals surface area contributed by atoms with Gasteiger partial charge in [-0.15, -0.1) is 0 Å². The Morgan fingerprint density at radius 1 is 0.472 bits per heavy atom. The molecule has 9 heteroatoms. The van der Waals surface area contributed by atoms with Gasteiger partial charge >= 0.3 is 17.9 Å². The zero-order valence-electron chi connectivity index (χ0n) is 19.8. The highest BCUT2D eigenvalue weighted by atomic mass is 16.4. The quantitative estimate of drug-likeness (QED) is 0.257. The molecule has 0 amide bonds. The van der Waals surface area contributed by atoms with Crippen LogP contribution in [0.25, 0.3) is 0 Å². The van der Waals surface area contributed by atoms with Crippen molar-refractivity contribution in [1.29, 1.82) is 0 Å². The van der Waals surface area contributed by atoms with E-state index >= 15 is 0 Å². The van der Waals surface area contributed by atoms with Crippen LogP contribution < -0.4 is 17.2 Å². The molecule has 0 saturated heterocycles. The van der Waals surface area contributed by atoms with Gasteiger partial charge in [0, 0.05) is 0 Å². The van der Waals surface area contributed by atoms with Crippen molar-refractivity contribution in [3.8, 4) is 0 Å². The van der Waals surface area contributed by atoms with Crippen molar-refractivity contribution in [3.63, 3.8) is 0 Å². The number of hydrogen-bond acceptors (Lipinski definition) is 6. The third-order valence-corrected chi connectivity index (χ3v) is 4.85. The summed E-state index contributed by atoms with van der Waals surface area (Å²) in [5.41, 5.74) is 18.9. The highest BCUT2D eigenvalue weighted by Crippen LogP contribution is 2.03. The van der Waals surface area contributed by atoms with E-state index in [2.05, 4.69) is 0 Å². The van der Waals surface area contributed by atoms with Crippen molar-refractivity contribution < 1.29 is 29.7 Å². The topological polar surface area (TPSA) is 190 Å². The number of hydrogen-bond donors (Lipinski definition) is 6. The van der Waals surface area contributed by atoms with Gasteiger partial charge in [0.05, 0.1) is 0 Å². The second-order valence-electron chi connectivity index (χ2n) is 7.90. The lowest BCUT2D eigenvalue weighted by atomic mass is 10.1. The van der Waals surface area contributed by atoms with Gasteiger partial charge in [0.2, 0.25) is 0 Å². The molecule has 0 bridgehead atoms. The maximum atomic E-state index is 10.4. The fourth-order valence-electron chi connectivity index (χ4n) is 2.87. The van der Waals surface area contributed by atoms with E-state index in [0.29, 0.717) is 19.3 Å². The Labute approximate surface area is 210 Å². The van der Waals surface area contributed by atoms with Gasteiger partial charge in [0.1, 0.15) is 18.1 Å². The maximum Gasteiger partial charge on any atom is 0.320 e. The lowest BCUT2D eigenvalue weighted by Crippen LogP contribution is -2.32. The number of rotatable bonds is 9. The predicted molar refractivity (Wildman–Crippen MR) is 137 cm³/mol. The summed E-state index contributed by atoms with van der Waals surface area (Å²) in [6.07, 6.45) is 1.16. The number of aliphatic carboxylic acids is 3. The Kier molecular flexibility index (Phi) is 13.8. The van der Waals surface area contributed by atoms with Gasteiger partial charge < -0.3 is 32.5 Å². The van der Waals surface area contributed by atoms with E-state index < -0.39 is 36.0 Å². The molecule has 3 aromatic rings. The zero-order chi connectivity index (χ0) is 26.9. The van der Waals surface area contributed by atoms with Gasteiger partial charge in [0.25, 0.3) is 0 Å². The Morgan fingerprint density at radius 3 is 0.833 bits per heavy atom. The third-order valence-electron chi connectivity index (χ3n) is 4.85. The number of carbonyl (C=O) groups is 3. The smallest absolute Gasteiger partial charge is 0.320 e. The van der Waals surface area contributed by atoms with Gasteiger partial charge in [-0.05, 0) is 36.0 Å². The average molecular weight is 496 g/mol. The number of nitrogens with two attached hydrogens (primary N) is 3. The monoisotopic (exact) mass is 495 g/mol. The first kappa shape index (κ1) is 30.0. The van der Waals surface area contributed by atoms with Crippen LogP contribution in [-0.4, -0.2) is 51.4 Å². The lowest BCUT2D eigenvalue weighted by molar-refractivity contribution is -0.139. The second kappa shape index (κ2) is 16.6. The minimum atomic E-state index is -0.959. The zero-order valence-corrected chi connectivity index (χ0v) is 19.8. The van der Waals surface area contributed by atoms with E-state index in [9.17, 15) is 14.4 Å². The average Bonchev–Trinajstić information content (AvgIpc) is 2.86. The van der Waals surface area contributed by atoms with Crippen molar-refractivity contribution >= 4 is 17.9 Å². The van der Waals surface area contributed by atoms with Crippen LogP contribution in [0.5, 0.6) is 0 Å². The van der Waals surface area contributed by atoms with Crippen molar-refractivity contribution in [1.82, 2.24) is 0 Å². The maximum absolute atomic E-state index is 10.4. The number of benzene rings is 3. The van der Waals surface area contributed by atoms with Gasteiger partial charge in [-0.2, -0.15) is 0 Å². The highest BCUT2D eigenvalue weighted by molar-refractivity contribution is 5.74. The molecule has 192 valence electrons. The number of carboxylic acids is 3. The van der Waals surface area contributed by atoms with Crippen molar-refractivity contribution in [2.24, 2.45) is 17.2 Å². The summed E-state index contributed by atoms with van der Waals surface area (Å²) >= 11 is 0. The molecule has 0 spiro atoms. The number of carboxylic acid groups (broad SMARTS) is 3. The van der Waals surface area contributed by atoms with Crippen LogP contribution >= 0.6 is 0 Å². The minimum absolute atomic E-state index is 0.385. The molecule has 3 unspecified atom stereocenters. The summed E-state index contributed by atoms with van der Waals surface area (Å²) in [6, 6.07) is 25.6. The molecule has 0 fully saturated rings. The fraction of sp³-hybridized carbons (Fsp3) is 0.222. The first-order valence-electron chi connectivity index (χ1n) is 11.2. The molecule has 9 N–H and O–H groups in total. The summed E-state index contributed by atoms with van der Waals surface area (Å²) < 4.78 is 0. The third kappa shape index (κ3) is 13.0. The fourth-order valence-corrected chi connectivity index (χ4v) is 2.87. The summed E-state index contributed by atoms with van der Waals surface area (Å²) in [5.74, 6) is -2.88. The van der Waals surface area contributed by atoms with Gasteiger partial charge in [0.15, 0.2) is 0 Å². The van der Waals surface area contributed by atoms with Crippen LogP contribution in [0, 0.1) is 0 Å². The van der Waals surface area contributed by atoms with E-state index in [1.807, 2.05) is 91.0 Å². The summed E-state index contributed by atoms with van der Waals surface area (Å²) in [5, 5.41) is 25.6. The molecule has 0 saturated carbocycles. The van der Waals surface area contributed by atoms with E-state index in [4.69, 9.17) is 32.5 Å².